The Morgan fingerprint density at radius 1 is 1.12 bits per heavy atom. The predicted molar refractivity (Wildman–Crippen MR) is 73.2 cm³/mol. The molecule has 0 saturated heterocycles. The van der Waals surface area contributed by atoms with Gasteiger partial charge in [-0.25, -0.2) is 0 Å². The molecule has 1 aromatic carbocycles. The Balaban J connectivity index is 3.11. The molecular formula is C16H20. The van der Waals surface area contributed by atoms with Crippen molar-refractivity contribution in [3.63, 3.8) is 0 Å². The second-order valence-electron chi connectivity index (χ2n) is 4.93. The van der Waals surface area contributed by atoms with E-state index in [0.717, 1.165) is 0 Å². The highest BCUT2D eigenvalue weighted by atomic mass is 14.1. The fourth-order valence-corrected chi connectivity index (χ4v) is 1.50. The summed E-state index contributed by atoms with van der Waals surface area (Å²) >= 11 is 0. The molecule has 0 aliphatic carbocycles. The van der Waals surface area contributed by atoms with Gasteiger partial charge in [-0.1, -0.05) is 82.0 Å². The highest BCUT2D eigenvalue weighted by Crippen LogP contribution is 2.24. The van der Waals surface area contributed by atoms with E-state index in [2.05, 4.69) is 63.8 Å². The summed E-state index contributed by atoms with van der Waals surface area (Å²) in [6.07, 6.45) is 8.17. The first kappa shape index (κ1) is 12.5. The van der Waals surface area contributed by atoms with Crippen molar-refractivity contribution in [3.8, 4) is 0 Å². The van der Waals surface area contributed by atoms with Crippen molar-refractivity contribution in [1.82, 2.24) is 0 Å². The van der Waals surface area contributed by atoms with Crippen LogP contribution in [-0.2, 0) is 0 Å². The van der Waals surface area contributed by atoms with E-state index in [1.54, 1.807) is 6.08 Å². The normalized spacial score (nSPS) is 13.1. The fourth-order valence-electron chi connectivity index (χ4n) is 1.50. The van der Waals surface area contributed by atoms with Crippen LogP contribution in [0.3, 0.4) is 0 Å². The van der Waals surface area contributed by atoms with E-state index in [4.69, 9.17) is 0 Å². The van der Waals surface area contributed by atoms with Gasteiger partial charge >= 0.3 is 0 Å². The summed E-state index contributed by atoms with van der Waals surface area (Å²) in [5, 5.41) is 0. The Morgan fingerprint density at radius 3 is 2.25 bits per heavy atom. The lowest BCUT2D eigenvalue weighted by molar-refractivity contribution is 0.546. The lowest BCUT2D eigenvalue weighted by Gasteiger charge is -2.14. The summed E-state index contributed by atoms with van der Waals surface area (Å²) in [6, 6.07) is 10.4. The third kappa shape index (κ3) is 4.31. The van der Waals surface area contributed by atoms with E-state index in [1.165, 1.54) is 11.1 Å². The monoisotopic (exact) mass is 212 g/mol. The Hall–Kier alpha value is -1.56. The molecule has 0 spiro atoms. The standard InChI is InChI=1S/C16H20/c1-5-6-10-15(13-16(2,3)4)14-11-8-7-9-12-14/h5-13H,1H2,2-4H3/b10-6+,15-13-. The summed E-state index contributed by atoms with van der Waals surface area (Å²) in [5.41, 5.74) is 2.67. The van der Waals surface area contributed by atoms with Crippen molar-refractivity contribution < 1.29 is 0 Å². The molecule has 1 aromatic rings. The van der Waals surface area contributed by atoms with Crippen LogP contribution in [-0.4, -0.2) is 0 Å². The molecule has 1 rings (SSSR count). The van der Waals surface area contributed by atoms with Crippen LogP contribution in [0, 0.1) is 5.41 Å². The second-order valence-corrected chi connectivity index (χ2v) is 4.93. The third-order valence-corrected chi connectivity index (χ3v) is 2.11. The van der Waals surface area contributed by atoms with Crippen LogP contribution in [0.5, 0.6) is 0 Å². The van der Waals surface area contributed by atoms with Gasteiger partial charge in [0, 0.05) is 0 Å². The van der Waals surface area contributed by atoms with E-state index in [1.807, 2.05) is 12.1 Å². The number of benzene rings is 1. The minimum atomic E-state index is 0.177. The molecule has 0 bridgehead atoms. The van der Waals surface area contributed by atoms with Crippen LogP contribution in [0.15, 0.2) is 61.2 Å². The molecule has 0 fully saturated rings. The van der Waals surface area contributed by atoms with Gasteiger partial charge in [-0.3, -0.25) is 0 Å². The lowest BCUT2D eigenvalue weighted by atomic mass is 9.91. The van der Waals surface area contributed by atoms with Crippen LogP contribution >= 0.6 is 0 Å². The van der Waals surface area contributed by atoms with Gasteiger partial charge in [0.2, 0.25) is 0 Å². The van der Waals surface area contributed by atoms with Gasteiger partial charge in [0.15, 0.2) is 0 Å². The van der Waals surface area contributed by atoms with Gasteiger partial charge in [-0.15, -0.1) is 0 Å². The summed E-state index contributed by atoms with van der Waals surface area (Å²) in [5.74, 6) is 0. The van der Waals surface area contributed by atoms with E-state index in [-0.39, 0.29) is 5.41 Å². The molecule has 0 radical (unpaired) electrons. The highest BCUT2D eigenvalue weighted by Gasteiger charge is 2.07. The molecule has 0 amide bonds. The molecule has 0 N–H and O–H groups in total. The largest absolute Gasteiger partial charge is 0.0991 e. The molecule has 16 heavy (non-hydrogen) atoms. The van der Waals surface area contributed by atoms with Crippen molar-refractivity contribution in [2.24, 2.45) is 5.41 Å². The van der Waals surface area contributed by atoms with Crippen molar-refractivity contribution in [2.75, 3.05) is 0 Å². The zero-order chi connectivity index (χ0) is 12.0. The van der Waals surface area contributed by atoms with E-state index in [9.17, 15) is 0 Å². The molecule has 0 aliphatic rings. The highest BCUT2D eigenvalue weighted by molar-refractivity contribution is 5.74. The zero-order valence-corrected chi connectivity index (χ0v) is 10.4. The first-order chi connectivity index (χ1) is 7.53. The van der Waals surface area contributed by atoms with Gasteiger partial charge < -0.3 is 0 Å². The summed E-state index contributed by atoms with van der Waals surface area (Å²) in [7, 11) is 0. The Labute approximate surface area is 99.0 Å². The third-order valence-electron chi connectivity index (χ3n) is 2.11. The minimum absolute atomic E-state index is 0.177. The average Bonchev–Trinajstić information content (AvgIpc) is 2.24. The van der Waals surface area contributed by atoms with E-state index >= 15 is 0 Å². The smallest absolute Gasteiger partial charge is 0.0187 e. The number of allylic oxidation sites excluding steroid dienone is 5. The Bertz CT molecular complexity index is 386. The molecule has 0 heteroatoms. The first-order valence-corrected chi connectivity index (χ1v) is 5.60. The maximum Gasteiger partial charge on any atom is -0.0187 e. The number of rotatable bonds is 3. The molecule has 0 unspecified atom stereocenters. The van der Waals surface area contributed by atoms with Crippen LogP contribution < -0.4 is 0 Å². The van der Waals surface area contributed by atoms with Gasteiger partial charge in [0.25, 0.3) is 0 Å². The lowest BCUT2D eigenvalue weighted by Crippen LogP contribution is -2.00. The summed E-state index contributed by atoms with van der Waals surface area (Å²) in [6.45, 7) is 10.3. The number of hydrogen-bond acceptors (Lipinski definition) is 0. The maximum absolute atomic E-state index is 3.71. The van der Waals surface area contributed by atoms with Crippen LogP contribution in [0.1, 0.15) is 26.3 Å². The molecular weight excluding hydrogens is 192 g/mol. The topological polar surface area (TPSA) is 0 Å². The molecule has 0 aliphatic heterocycles. The summed E-state index contributed by atoms with van der Waals surface area (Å²) < 4.78 is 0. The second kappa shape index (κ2) is 5.50. The van der Waals surface area contributed by atoms with Crippen LogP contribution in [0.2, 0.25) is 0 Å². The van der Waals surface area contributed by atoms with E-state index < -0.39 is 0 Å². The molecule has 0 nitrogen and oxygen atoms in total. The van der Waals surface area contributed by atoms with Gasteiger partial charge in [-0.2, -0.15) is 0 Å². The molecule has 0 heterocycles. The molecule has 0 saturated carbocycles. The maximum atomic E-state index is 3.71. The Kier molecular flexibility index (Phi) is 4.30. The van der Waals surface area contributed by atoms with Gasteiger partial charge in [-0.05, 0) is 16.6 Å². The van der Waals surface area contributed by atoms with Crippen molar-refractivity contribution in [2.45, 2.75) is 20.8 Å². The van der Waals surface area contributed by atoms with Crippen molar-refractivity contribution in [3.05, 3.63) is 66.8 Å². The predicted octanol–water partition coefficient (Wildman–Crippen LogP) is 4.86. The fraction of sp³-hybridized carbons (Fsp3) is 0.250. The van der Waals surface area contributed by atoms with E-state index in [0.29, 0.717) is 0 Å². The SMILES string of the molecule is C=C/C=C/C(=C/C(C)(C)C)c1ccccc1. The quantitative estimate of drug-likeness (QED) is 0.628. The van der Waals surface area contributed by atoms with Gasteiger partial charge in [0.05, 0.1) is 0 Å². The van der Waals surface area contributed by atoms with Crippen molar-refractivity contribution in [1.29, 1.82) is 0 Å². The van der Waals surface area contributed by atoms with Crippen LogP contribution in [0.4, 0.5) is 0 Å². The zero-order valence-electron chi connectivity index (χ0n) is 10.4. The van der Waals surface area contributed by atoms with Crippen molar-refractivity contribution >= 4 is 5.57 Å². The first-order valence-electron chi connectivity index (χ1n) is 5.60. The Morgan fingerprint density at radius 2 is 1.75 bits per heavy atom. The molecule has 0 aromatic heterocycles. The summed E-state index contributed by atoms with van der Waals surface area (Å²) in [4.78, 5) is 0. The number of hydrogen-bond donors (Lipinski definition) is 0. The molecule has 84 valence electrons. The van der Waals surface area contributed by atoms with Crippen LogP contribution in [0.25, 0.3) is 5.57 Å². The average molecular weight is 212 g/mol. The van der Waals surface area contributed by atoms with Gasteiger partial charge in [0.1, 0.15) is 0 Å². The minimum Gasteiger partial charge on any atom is -0.0991 e. The molecule has 0 atom stereocenters.